The van der Waals surface area contributed by atoms with Crippen LogP contribution in [0.4, 0.5) is 4.79 Å². The Morgan fingerprint density at radius 3 is 0.950 bits per heavy atom. The van der Waals surface area contributed by atoms with Crippen LogP contribution in [0.3, 0.4) is 0 Å². The number of carbonyl (C=O) groups excluding carboxylic acids is 9. The summed E-state index contributed by atoms with van der Waals surface area (Å²) >= 11 is 16.1. The number of thiol groups is 2. The first-order valence-corrected chi connectivity index (χ1v) is 38.9. The highest BCUT2D eigenvalue weighted by atomic mass is 32.1. The zero-order valence-electron chi connectivity index (χ0n) is 75.8. The molecule has 4 N–H and O–H groups in total. The van der Waals surface area contributed by atoms with Gasteiger partial charge in [0.15, 0.2) is 0 Å². The van der Waals surface area contributed by atoms with Gasteiger partial charge in [0.1, 0.15) is 58.5 Å². The van der Waals surface area contributed by atoms with Gasteiger partial charge in [0.2, 0.25) is 4.38 Å². The molecule has 3 rings (SSSR count). The number of hydrogen-bond acceptors (Lipinski definition) is 31. The van der Waals surface area contributed by atoms with E-state index in [1.807, 2.05) is 62.4 Å². The molecule has 0 spiro atoms. The Morgan fingerprint density at radius 2 is 0.714 bits per heavy atom. The van der Waals surface area contributed by atoms with Gasteiger partial charge in [-0.3, -0.25) is 47.9 Å². The number of carboxylic acids is 2. The van der Waals surface area contributed by atoms with E-state index >= 15 is 0 Å². The Morgan fingerprint density at radius 1 is 0.395 bits per heavy atom. The van der Waals surface area contributed by atoms with Crippen LogP contribution in [0.25, 0.3) is 0 Å². The molecular weight excluding hydrogens is 1640 g/mol. The summed E-state index contributed by atoms with van der Waals surface area (Å²) in [6.45, 7) is 32.1. The Hall–Kier alpha value is -8.53. The molecule has 0 aliphatic rings. The molecule has 1 aromatic heterocycles. The number of ether oxygens (including phenoxy) is 16. The maximum Gasteiger partial charge on any atom is 0.505 e. The molecule has 0 saturated carbocycles. The second-order valence-corrected chi connectivity index (χ2v) is 24.5. The molecule has 0 saturated heterocycles. The molecule has 2 aromatic carbocycles. The van der Waals surface area contributed by atoms with E-state index in [-0.39, 0.29) is 76.5 Å². The van der Waals surface area contributed by atoms with Gasteiger partial charge in [0.25, 0.3) is 0 Å². The molecule has 0 aliphatic carbocycles. The topological polar surface area (TPSA) is 438 Å². The molecule has 119 heavy (non-hydrogen) atoms. The summed E-state index contributed by atoms with van der Waals surface area (Å²) in [5, 5.41) is 26.3. The SMILES string of the molecule is CCC(=O)CC(C)=O.CCC(=O)O.CCCCCOC.CCCCCOC(C)=O.CCCOC(C)=O.CNC(=S)S.COC(=O)CC(C)=O.COC(=O)O.COC(=S)S.COC(C)=O.COCCCCOC(C)=O.COCCOC.COCCOC(C)=O.COCCOc1ccc(C)cc1.COc1ccc(C)cc1.Cc1ccc(C(=O)O)nc1. The number of nitrogens with zero attached hydrogens (tertiary/aromatic N) is 1. The average molecular weight is 1780 g/mol. The Labute approximate surface area is 730 Å². The van der Waals surface area contributed by atoms with Crippen molar-refractivity contribution in [1.29, 1.82) is 0 Å². The van der Waals surface area contributed by atoms with Crippen LogP contribution in [-0.4, -0.2) is 258 Å². The minimum atomic E-state index is -1.25. The first-order chi connectivity index (χ1) is 55.9. The van der Waals surface area contributed by atoms with Gasteiger partial charge < -0.3 is 96.4 Å². The van der Waals surface area contributed by atoms with Gasteiger partial charge in [-0.2, -0.15) is 0 Å². The number of nitrogens with one attached hydrogen (secondary N) is 1. The number of ketones is 3. The van der Waals surface area contributed by atoms with Crippen molar-refractivity contribution in [2.24, 2.45) is 0 Å². The van der Waals surface area contributed by atoms with E-state index in [2.05, 4.69) is 130 Å². The van der Waals surface area contributed by atoms with Gasteiger partial charge in [0, 0.05) is 117 Å². The fraction of sp³-hybridized carbons (Fsp3) is 0.622. The lowest BCUT2D eigenvalue weighted by molar-refractivity contribution is -0.144. The van der Waals surface area contributed by atoms with Gasteiger partial charge in [-0.25, -0.2) is 14.6 Å². The highest BCUT2D eigenvalue weighted by molar-refractivity contribution is 8.11. The molecule has 37 heteroatoms. The number of methoxy groups -OCH3 is 11. The number of Topliss-reactive ketones (excluding diaryl/α,β-unsaturated/α-hetero) is 3. The Balaban J connectivity index is -0.0000000922. The van der Waals surface area contributed by atoms with Crippen molar-refractivity contribution < 1.29 is 149 Å². The highest BCUT2D eigenvalue weighted by Crippen LogP contribution is 2.11. The molecule has 0 aliphatic heterocycles. The van der Waals surface area contributed by atoms with Crippen LogP contribution in [0.5, 0.6) is 11.5 Å². The number of rotatable bonds is 33. The summed E-state index contributed by atoms with van der Waals surface area (Å²) in [5.74, 6) is -1.66. The van der Waals surface area contributed by atoms with E-state index < -0.39 is 24.1 Å². The van der Waals surface area contributed by atoms with Crippen molar-refractivity contribution in [2.75, 3.05) is 158 Å². The zero-order valence-corrected chi connectivity index (χ0v) is 79.2. The maximum atomic E-state index is 10.4. The fourth-order valence-electron chi connectivity index (χ4n) is 5.13. The van der Waals surface area contributed by atoms with Crippen molar-refractivity contribution in [3.63, 3.8) is 0 Å². The fourth-order valence-corrected chi connectivity index (χ4v) is 5.13. The monoisotopic (exact) mass is 1780 g/mol. The molecule has 0 atom stereocenters. The van der Waals surface area contributed by atoms with E-state index in [0.717, 1.165) is 69.5 Å². The minimum absolute atomic E-state index is 0.0255. The smallest absolute Gasteiger partial charge is 0.497 e. The number of unbranched alkanes of at least 4 members (excludes halogenated alkanes) is 5. The third-order valence-corrected chi connectivity index (χ3v) is 12.0. The Bertz CT molecular complexity index is 2740. The van der Waals surface area contributed by atoms with E-state index in [1.165, 1.54) is 119 Å². The lowest BCUT2D eigenvalue weighted by atomic mass is 10.2. The normalized spacial score (nSPS) is 8.61. The van der Waals surface area contributed by atoms with Crippen molar-refractivity contribution in [2.45, 2.75) is 187 Å². The van der Waals surface area contributed by atoms with Crippen LogP contribution in [0.2, 0.25) is 0 Å². The van der Waals surface area contributed by atoms with Crippen molar-refractivity contribution in [3.05, 3.63) is 89.2 Å². The number of esters is 6. The second-order valence-electron chi connectivity index (χ2n) is 22.3. The number of thiocarbonyl (C=S) groups is 2. The molecule has 0 radical (unpaired) electrons. The van der Waals surface area contributed by atoms with Crippen LogP contribution >= 0.6 is 49.7 Å². The summed E-state index contributed by atoms with van der Waals surface area (Å²) in [7, 11) is 18.5. The molecule has 694 valence electrons. The maximum absolute atomic E-state index is 10.4. The summed E-state index contributed by atoms with van der Waals surface area (Å²) in [4.78, 5) is 123. The zero-order chi connectivity index (χ0) is 95.0. The average Bonchev–Trinajstić information content (AvgIpc) is 0.922. The van der Waals surface area contributed by atoms with Gasteiger partial charge in [-0.1, -0.05) is 127 Å². The molecule has 1 heterocycles. The van der Waals surface area contributed by atoms with E-state index in [9.17, 15) is 52.7 Å². The first kappa shape index (κ1) is 139. The van der Waals surface area contributed by atoms with Gasteiger partial charge in [-0.15, -0.1) is 12.6 Å². The number of pyridine rings is 1. The predicted octanol–water partition coefficient (Wildman–Crippen LogP) is 14.4. The second kappa shape index (κ2) is 118. The number of hydrogen-bond donors (Lipinski definition) is 6. The number of aliphatic carboxylic acids is 1. The number of aromatic carboxylic acids is 1. The highest BCUT2D eigenvalue weighted by Gasteiger charge is 2.03. The molecule has 0 amide bonds. The van der Waals surface area contributed by atoms with Crippen LogP contribution < -0.4 is 14.8 Å². The predicted molar refractivity (Wildman–Crippen MR) is 474 cm³/mol. The van der Waals surface area contributed by atoms with Crippen molar-refractivity contribution >= 4 is 130 Å². The van der Waals surface area contributed by atoms with Crippen molar-refractivity contribution in [3.8, 4) is 11.5 Å². The van der Waals surface area contributed by atoms with Crippen LogP contribution in [-0.2, 0) is 114 Å². The van der Waals surface area contributed by atoms with E-state index in [1.54, 1.807) is 76.7 Å². The number of carbonyl (C=O) groups is 12. The number of aryl methyl sites for hydroxylation is 3. The standard InChI is InChI=1S/C10H14O2.C8H10O.C7H7NO2.C7H14O3.C7H14O2.C6H10O2.C6H14O.C5H10O3.C5H8O3.C5H10O2.C4H10O2.2C3H6O2.C2H5NS2.C2H4O3.C2H4OS2/c1-9-3-5-10(6-4-9)12-8-7-11-2;1-7-3-5-8(9-2)6-4-7;1-5-2-3-6(7(9)10)8-4-5;1-7(8)10-6-4-3-5-9-2;1-3-4-5-6-9-7(2)8;1-3-6(8)4-5(2)7;1-3-4-5-6-7-2;1-5(6)8-4-3-7-2;1-4(6)3-5(7)8-2;1-3-4-7-5(2)6;1-5-3-4-6-2;1-3(4)5-2;1-2-3(4)5;1-3-2(4)5;1-5-2(3)4;1-3-2(4)5/h3-6H,7-8H2,1-2H3;3-6H,1-2H3;2-4H,1H3,(H,9,10);3-6H2,1-2H3;3-6H2,1-2H3;3-4H2,1-2H3;3-6H2,1-2H3;3-4H2,1-2H3;3H2,1-2H3;3-4H2,1-2H3;3-4H2,1-2H3;1-2H3;2H2,1H3,(H,4,5);1H3,(H2,3,4,5);1H3,(H,3,4);1H3,(H,4,5). The molecular formula is C82H146N2O31S4. The number of carboxylic acid groups (broad SMARTS) is 3. The van der Waals surface area contributed by atoms with E-state index in [0.29, 0.717) is 70.2 Å². The lowest BCUT2D eigenvalue weighted by Gasteiger charge is -2.04. The van der Waals surface area contributed by atoms with Crippen LogP contribution in [0, 0.1) is 20.8 Å². The van der Waals surface area contributed by atoms with Gasteiger partial charge in [-0.05, 0) is 115 Å². The summed E-state index contributed by atoms with van der Waals surface area (Å²) < 4.78 is 74.4. The summed E-state index contributed by atoms with van der Waals surface area (Å²) in [6, 6.07) is 19.1. The lowest BCUT2D eigenvalue weighted by Crippen LogP contribution is -2.06. The van der Waals surface area contributed by atoms with Gasteiger partial charge >= 0.3 is 53.9 Å². The van der Waals surface area contributed by atoms with E-state index in [4.69, 9.17) is 53.3 Å². The molecule has 0 unspecified atom stereocenters. The first-order valence-electron chi connectivity index (χ1n) is 37.2. The molecule has 33 nitrogen and oxygen atoms in total. The molecule has 0 bridgehead atoms. The molecule has 0 fully saturated rings. The third-order valence-electron chi connectivity index (χ3n) is 11.2. The summed E-state index contributed by atoms with van der Waals surface area (Å²) in [6.07, 6.45) is 10.8. The van der Waals surface area contributed by atoms with Crippen molar-refractivity contribution in [1.82, 2.24) is 10.3 Å². The van der Waals surface area contributed by atoms with Crippen LogP contribution in [0.1, 0.15) is 194 Å². The Kier molecular flexibility index (Phi) is 138. The number of benzene rings is 2. The summed E-state index contributed by atoms with van der Waals surface area (Å²) in [5.41, 5.74) is 3.56. The van der Waals surface area contributed by atoms with Crippen LogP contribution in [0.15, 0.2) is 66.9 Å². The third kappa shape index (κ3) is 181. The quantitative estimate of drug-likeness (QED) is 0.00823. The number of aromatic nitrogens is 1. The minimum Gasteiger partial charge on any atom is -0.497 e. The van der Waals surface area contributed by atoms with Gasteiger partial charge in [0.05, 0.1) is 88.2 Å². The largest absolute Gasteiger partial charge is 0.505 e. The molecule has 3 aromatic rings.